The van der Waals surface area contributed by atoms with Crippen molar-refractivity contribution in [2.24, 2.45) is 0 Å². The average molecular weight is 344 g/mol. The summed E-state index contributed by atoms with van der Waals surface area (Å²) in [6.07, 6.45) is 0.425. The Kier molecular flexibility index (Phi) is 7.72. The molecule has 1 saturated heterocycles. The molecule has 2 rings (SSSR count). The highest BCUT2D eigenvalue weighted by molar-refractivity contribution is 7.99. The van der Waals surface area contributed by atoms with Crippen LogP contribution in [-0.2, 0) is 4.79 Å². The Balaban J connectivity index is 0.00000242. The number of halogens is 1. The number of rotatable bonds is 4. The predicted molar refractivity (Wildman–Crippen MR) is 94.2 cm³/mol. The van der Waals surface area contributed by atoms with Crippen LogP contribution in [0.5, 0.6) is 0 Å². The van der Waals surface area contributed by atoms with E-state index < -0.39 is 0 Å². The molecule has 22 heavy (non-hydrogen) atoms. The molecule has 2 amide bonds. The molecule has 1 aliphatic rings. The van der Waals surface area contributed by atoms with Crippen LogP contribution < -0.4 is 16.0 Å². The van der Waals surface area contributed by atoms with Crippen LogP contribution in [0.2, 0.25) is 0 Å². The molecule has 1 unspecified atom stereocenters. The van der Waals surface area contributed by atoms with Gasteiger partial charge in [0.25, 0.3) is 5.91 Å². The van der Waals surface area contributed by atoms with Gasteiger partial charge in [-0.25, -0.2) is 0 Å². The van der Waals surface area contributed by atoms with Crippen molar-refractivity contribution in [1.82, 2.24) is 10.6 Å². The van der Waals surface area contributed by atoms with E-state index in [9.17, 15) is 9.59 Å². The van der Waals surface area contributed by atoms with E-state index in [2.05, 4.69) is 16.0 Å². The molecular weight excluding hydrogens is 322 g/mol. The van der Waals surface area contributed by atoms with E-state index in [0.29, 0.717) is 17.7 Å². The van der Waals surface area contributed by atoms with E-state index in [1.54, 1.807) is 19.2 Å². The van der Waals surface area contributed by atoms with Crippen molar-refractivity contribution in [2.45, 2.75) is 19.4 Å². The maximum absolute atomic E-state index is 12.1. The Hall–Kier alpha value is -1.24. The average Bonchev–Trinajstić information content (AvgIpc) is 2.49. The molecule has 1 atom stereocenters. The zero-order valence-corrected chi connectivity index (χ0v) is 14.4. The lowest BCUT2D eigenvalue weighted by atomic mass is 10.1. The molecule has 0 radical (unpaired) electrons. The lowest BCUT2D eigenvalue weighted by Gasteiger charge is -2.22. The fraction of sp³-hybridized carbons (Fsp3) is 0.467. The van der Waals surface area contributed by atoms with Crippen molar-refractivity contribution >= 4 is 41.7 Å². The molecule has 5 nitrogen and oxygen atoms in total. The van der Waals surface area contributed by atoms with E-state index in [0.717, 1.165) is 23.6 Å². The summed E-state index contributed by atoms with van der Waals surface area (Å²) in [5.74, 6) is 1.78. The zero-order valence-electron chi connectivity index (χ0n) is 12.8. The molecule has 7 heteroatoms. The largest absolute Gasteiger partial charge is 0.355 e. The summed E-state index contributed by atoms with van der Waals surface area (Å²) in [4.78, 5) is 24.0. The van der Waals surface area contributed by atoms with E-state index in [4.69, 9.17) is 0 Å². The summed E-state index contributed by atoms with van der Waals surface area (Å²) in [5, 5.41) is 8.78. The second-order valence-electron chi connectivity index (χ2n) is 5.11. The van der Waals surface area contributed by atoms with Crippen LogP contribution in [0.25, 0.3) is 0 Å². The molecule has 1 aromatic rings. The smallest absolute Gasteiger partial charge is 0.253 e. The van der Waals surface area contributed by atoms with Crippen molar-refractivity contribution in [3.05, 3.63) is 29.3 Å². The van der Waals surface area contributed by atoms with Crippen LogP contribution in [0, 0.1) is 6.92 Å². The summed E-state index contributed by atoms with van der Waals surface area (Å²) in [6.45, 7) is 2.86. The van der Waals surface area contributed by atoms with Gasteiger partial charge < -0.3 is 16.0 Å². The number of nitrogens with one attached hydrogen (secondary N) is 3. The van der Waals surface area contributed by atoms with E-state index in [-0.39, 0.29) is 30.3 Å². The van der Waals surface area contributed by atoms with Gasteiger partial charge in [-0.1, -0.05) is 11.6 Å². The first-order valence-corrected chi connectivity index (χ1v) is 8.19. The normalized spacial score (nSPS) is 17.3. The summed E-state index contributed by atoms with van der Waals surface area (Å²) in [5.41, 5.74) is 2.04. The minimum absolute atomic E-state index is 0. The molecule has 0 saturated carbocycles. The first kappa shape index (κ1) is 18.8. The molecular formula is C15H22ClN3O2S. The molecule has 1 aromatic carbocycles. The Bertz CT molecular complexity index is 534. The lowest BCUT2D eigenvalue weighted by molar-refractivity contribution is -0.116. The fourth-order valence-electron chi connectivity index (χ4n) is 2.27. The van der Waals surface area contributed by atoms with E-state index in [1.165, 1.54) is 0 Å². The van der Waals surface area contributed by atoms with Gasteiger partial charge in [0.2, 0.25) is 5.91 Å². The number of carbonyl (C=O) groups is 2. The van der Waals surface area contributed by atoms with Gasteiger partial charge in [0.15, 0.2) is 0 Å². The number of thioether (sulfide) groups is 1. The van der Waals surface area contributed by atoms with Crippen LogP contribution in [-0.4, -0.2) is 43.0 Å². The third kappa shape index (κ3) is 5.19. The number of benzene rings is 1. The van der Waals surface area contributed by atoms with Crippen molar-refractivity contribution < 1.29 is 9.59 Å². The minimum atomic E-state index is -0.194. The van der Waals surface area contributed by atoms with Crippen molar-refractivity contribution in [3.8, 4) is 0 Å². The number of hydrogen-bond donors (Lipinski definition) is 3. The zero-order chi connectivity index (χ0) is 15.2. The predicted octanol–water partition coefficient (Wildman–Crippen LogP) is 1.81. The van der Waals surface area contributed by atoms with E-state index in [1.807, 2.05) is 24.8 Å². The molecule has 3 N–H and O–H groups in total. The molecule has 0 bridgehead atoms. The molecule has 0 spiro atoms. The monoisotopic (exact) mass is 343 g/mol. The fourth-order valence-corrected chi connectivity index (χ4v) is 3.21. The number of hydrogen-bond acceptors (Lipinski definition) is 4. The molecule has 0 aromatic heterocycles. The molecule has 1 fully saturated rings. The SMILES string of the molecule is CNC(=O)c1cc(C)ccc1NC(=O)CC1CSCCN1.Cl. The maximum atomic E-state index is 12.1. The second-order valence-corrected chi connectivity index (χ2v) is 6.26. The van der Waals surface area contributed by atoms with Gasteiger partial charge in [-0.05, 0) is 19.1 Å². The quantitative estimate of drug-likeness (QED) is 0.779. The minimum Gasteiger partial charge on any atom is -0.355 e. The summed E-state index contributed by atoms with van der Waals surface area (Å²) in [6, 6.07) is 5.65. The molecule has 1 heterocycles. The van der Waals surface area contributed by atoms with Crippen molar-refractivity contribution in [2.75, 3.05) is 30.4 Å². The highest BCUT2D eigenvalue weighted by Gasteiger charge is 2.18. The highest BCUT2D eigenvalue weighted by atomic mass is 35.5. The highest BCUT2D eigenvalue weighted by Crippen LogP contribution is 2.18. The van der Waals surface area contributed by atoms with Gasteiger partial charge in [0, 0.05) is 37.6 Å². The van der Waals surface area contributed by atoms with Gasteiger partial charge in [-0.2, -0.15) is 11.8 Å². The standard InChI is InChI=1S/C15H21N3O2S.ClH/c1-10-3-4-13(12(7-10)15(20)16-2)18-14(19)8-11-9-21-6-5-17-11;/h3-4,7,11,17H,5-6,8-9H2,1-2H3,(H,16,20)(H,18,19);1H. The van der Waals surface area contributed by atoms with Gasteiger partial charge in [0.1, 0.15) is 0 Å². The van der Waals surface area contributed by atoms with Gasteiger partial charge in [-0.3, -0.25) is 9.59 Å². The second kappa shape index (κ2) is 9.02. The maximum Gasteiger partial charge on any atom is 0.253 e. The van der Waals surface area contributed by atoms with Gasteiger partial charge >= 0.3 is 0 Å². The van der Waals surface area contributed by atoms with Crippen molar-refractivity contribution in [1.29, 1.82) is 0 Å². The number of carbonyl (C=O) groups excluding carboxylic acids is 2. The van der Waals surface area contributed by atoms with Crippen LogP contribution >= 0.6 is 24.2 Å². The molecule has 0 aliphatic carbocycles. The Morgan fingerprint density at radius 3 is 2.82 bits per heavy atom. The number of anilines is 1. The summed E-state index contributed by atoms with van der Waals surface area (Å²) in [7, 11) is 1.58. The van der Waals surface area contributed by atoms with Crippen LogP contribution in [0.3, 0.4) is 0 Å². The first-order chi connectivity index (χ1) is 10.1. The van der Waals surface area contributed by atoms with Crippen LogP contribution in [0.4, 0.5) is 5.69 Å². The van der Waals surface area contributed by atoms with Gasteiger partial charge in [-0.15, -0.1) is 12.4 Å². The molecule has 122 valence electrons. The topological polar surface area (TPSA) is 70.2 Å². The Labute approximate surface area is 141 Å². The first-order valence-electron chi connectivity index (χ1n) is 7.04. The Morgan fingerprint density at radius 1 is 1.41 bits per heavy atom. The summed E-state index contributed by atoms with van der Waals surface area (Å²) < 4.78 is 0. The van der Waals surface area contributed by atoms with Gasteiger partial charge in [0.05, 0.1) is 11.3 Å². The van der Waals surface area contributed by atoms with E-state index >= 15 is 0 Å². The third-order valence-electron chi connectivity index (χ3n) is 3.35. The van der Waals surface area contributed by atoms with Crippen molar-refractivity contribution in [3.63, 3.8) is 0 Å². The number of amides is 2. The van der Waals surface area contributed by atoms with Crippen LogP contribution in [0.1, 0.15) is 22.3 Å². The molecule has 1 aliphatic heterocycles. The van der Waals surface area contributed by atoms with Crippen LogP contribution in [0.15, 0.2) is 18.2 Å². The number of aryl methyl sites for hydroxylation is 1. The summed E-state index contributed by atoms with van der Waals surface area (Å²) >= 11 is 1.86. The third-order valence-corrected chi connectivity index (χ3v) is 4.48. The Morgan fingerprint density at radius 2 is 2.18 bits per heavy atom. The lowest BCUT2D eigenvalue weighted by Crippen LogP contribution is -2.40.